The fraction of sp³-hybridized carbons (Fsp3) is 0.467. The molecule has 2 aliphatic carbocycles. The van der Waals surface area contributed by atoms with Crippen molar-refractivity contribution in [1.29, 1.82) is 0 Å². The minimum absolute atomic E-state index is 0. The molecular formula is C30H36IrNO2S-. The number of hydrogen-bond donors (Lipinski definition) is 1. The second-order valence-corrected chi connectivity index (χ2v) is 11.1. The predicted molar refractivity (Wildman–Crippen MR) is 142 cm³/mol. The molecule has 0 aliphatic heterocycles. The first-order chi connectivity index (χ1) is 16.4. The summed E-state index contributed by atoms with van der Waals surface area (Å²) in [6.45, 7) is 8.42. The summed E-state index contributed by atoms with van der Waals surface area (Å²) < 4.78 is 1.23. The van der Waals surface area contributed by atoms with Crippen LogP contribution in [0.4, 0.5) is 0 Å². The van der Waals surface area contributed by atoms with Crippen LogP contribution in [0.1, 0.15) is 72.6 Å². The molecule has 2 aromatic carbocycles. The van der Waals surface area contributed by atoms with Crippen LogP contribution in [-0.2, 0) is 24.9 Å². The zero-order chi connectivity index (χ0) is 24.3. The van der Waals surface area contributed by atoms with Crippen molar-refractivity contribution in [2.45, 2.75) is 72.6 Å². The molecule has 1 radical (unpaired) electrons. The maximum atomic E-state index is 12.8. The van der Waals surface area contributed by atoms with Crippen LogP contribution in [0.25, 0.3) is 20.8 Å². The second kappa shape index (κ2) is 11.5. The molecule has 1 unspecified atom stereocenters. The third-order valence-electron chi connectivity index (χ3n) is 8.34. The molecule has 1 N–H and O–H groups in total. The van der Waals surface area contributed by atoms with Crippen LogP contribution < -0.4 is 0 Å². The van der Waals surface area contributed by atoms with E-state index in [1.807, 2.05) is 42.5 Å². The number of fused-ring (bicyclic) bond motifs is 2. The predicted octanol–water partition coefficient (Wildman–Crippen LogP) is 8.56. The summed E-state index contributed by atoms with van der Waals surface area (Å²) in [4.78, 5) is 17.4. The molecule has 2 aliphatic rings. The quantitative estimate of drug-likeness (QED) is 0.284. The Bertz CT molecular complexity index is 1150. The number of thiazole rings is 1. The summed E-state index contributed by atoms with van der Waals surface area (Å²) in [6.07, 6.45) is 6.90. The van der Waals surface area contributed by atoms with Crippen LogP contribution in [0.3, 0.4) is 0 Å². The first-order valence-corrected chi connectivity index (χ1v) is 13.5. The number of allylic oxidation sites excluding steroid dienone is 2. The van der Waals surface area contributed by atoms with Crippen LogP contribution in [0.5, 0.6) is 0 Å². The smallest absolute Gasteiger partial charge is 0.168 e. The molecule has 2 atom stereocenters. The Labute approximate surface area is 227 Å². The minimum Gasteiger partial charge on any atom is -0.511 e. The van der Waals surface area contributed by atoms with Crippen LogP contribution in [0.15, 0.2) is 59.9 Å². The number of ketones is 1. The van der Waals surface area contributed by atoms with E-state index in [4.69, 9.17) is 0 Å². The molecule has 0 spiro atoms. The molecule has 35 heavy (non-hydrogen) atoms. The molecule has 0 saturated heterocycles. The summed E-state index contributed by atoms with van der Waals surface area (Å²) in [5, 5.41) is 11.8. The summed E-state index contributed by atoms with van der Waals surface area (Å²) in [6, 6.07) is 19.3. The Morgan fingerprint density at radius 3 is 2.34 bits per heavy atom. The van der Waals surface area contributed by atoms with Gasteiger partial charge in [-0.15, -0.1) is 35.9 Å². The maximum Gasteiger partial charge on any atom is 0.168 e. The molecule has 1 saturated carbocycles. The van der Waals surface area contributed by atoms with Crippen molar-refractivity contribution in [3.8, 4) is 10.6 Å². The van der Waals surface area contributed by atoms with Crippen LogP contribution >= 0.6 is 11.3 Å². The molecule has 1 fully saturated rings. The minimum atomic E-state index is -0.246. The average Bonchev–Trinajstić information content (AvgIpc) is 3.32. The van der Waals surface area contributed by atoms with Gasteiger partial charge in [0, 0.05) is 46.2 Å². The topological polar surface area (TPSA) is 50.2 Å². The number of hydrogen-bond acceptors (Lipinski definition) is 4. The molecule has 1 heterocycles. The molecule has 1 aromatic heterocycles. The summed E-state index contributed by atoms with van der Waals surface area (Å²) in [7, 11) is 0. The fourth-order valence-electron chi connectivity index (χ4n) is 5.49. The van der Waals surface area contributed by atoms with Crippen molar-refractivity contribution in [3.05, 3.63) is 65.9 Å². The van der Waals surface area contributed by atoms with Crippen molar-refractivity contribution in [3.63, 3.8) is 0 Å². The number of carbonyl (C=O) groups is 1. The van der Waals surface area contributed by atoms with E-state index >= 15 is 0 Å². The monoisotopic (exact) mass is 667 g/mol. The Hall–Kier alpha value is -1.81. The third-order valence-corrected chi connectivity index (χ3v) is 9.41. The van der Waals surface area contributed by atoms with E-state index < -0.39 is 0 Å². The van der Waals surface area contributed by atoms with Gasteiger partial charge in [0.25, 0.3) is 0 Å². The number of rotatable bonds is 4. The first-order valence-electron chi connectivity index (χ1n) is 12.7. The normalized spacial score (nSPS) is 23.2. The van der Waals surface area contributed by atoms with Gasteiger partial charge in [-0.2, -0.15) is 11.3 Å². The van der Waals surface area contributed by atoms with E-state index in [1.54, 1.807) is 11.3 Å². The Kier molecular flexibility index (Phi) is 9.12. The summed E-state index contributed by atoms with van der Waals surface area (Å²) in [5.41, 5.74) is 2.55. The van der Waals surface area contributed by atoms with Crippen LogP contribution in [0, 0.1) is 22.8 Å². The van der Waals surface area contributed by atoms with Crippen molar-refractivity contribution in [1.82, 2.24) is 4.98 Å². The number of aliphatic hydroxyl groups excluding tert-OH is 1. The van der Waals surface area contributed by atoms with Crippen molar-refractivity contribution in [2.75, 3.05) is 0 Å². The number of nitrogens with zero attached hydrogens (tertiary/aromatic N) is 1. The van der Waals surface area contributed by atoms with Crippen molar-refractivity contribution >= 4 is 27.3 Å². The molecular weight excluding hydrogens is 631 g/mol. The Morgan fingerprint density at radius 2 is 1.71 bits per heavy atom. The number of aromatic nitrogens is 1. The second-order valence-electron chi connectivity index (χ2n) is 10.0. The first kappa shape index (κ1) is 27.8. The van der Waals surface area contributed by atoms with Gasteiger partial charge < -0.3 is 5.11 Å². The zero-order valence-corrected chi connectivity index (χ0v) is 24.4. The van der Waals surface area contributed by atoms with Gasteiger partial charge in [-0.05, 0) is 63.0 Å². The summed E-state index contributed by atoms with van der Waals surface area (Å²) >= 11 is 1.71. The van der Waals surface area contributed by atoms with Gasteiger partial charge in [0.1, 0.15) is 5.76 Å². The van der Waals surface area contributed by atoms with E-state index in [0.717, 1.165) is 66.6 Å². The molecule has 0 amide bonds. The number of aliphatic hydroxyl groups is 1. The molecule has 5 rings (SSSR count). The number of Topliss-reactive ketones (excluding diaryl/α,β-unsaturated/α-hetero) is 1. The van der Waals surface area contributed by atoms with Crippen molar-refractivity contribution < 1.29 is 30.0 Å². The number of benzene rings is 2. The van der Waals surface area contributed by atoms with E-state index in [-0.39, 0.29) is 36.7 Å². The van der Waals surface area contributed by atoms with Crippen LogP contribution in [-0.4, -0.2) is 15.9 Å². The standard InChI is InChI=1S/C17H28O2.C13H8NS.Ir/c1-5-16(4)10-8-12-9-11-17(6-2,7-3)15(19)13(12)14(16)18;1-2-6-10(7-3-1)13-14-11-8-4-5-9-12(11)15-13;/h12,19H,5-11H2,1-4H3;1-6,8-9H;/q;-1;/t12?,16-;;/m0../s1. The molecule has 5 heteroatoms. The number of carbonyl (C=O) groups excluding carboxylic acids is 1. The van der Waals surface area contributed by atoms with Crippen LogP contribution in [0.2, 0.25) is 0 Å². The average molecular weight is 667 g/mol. The van der Waals surface area contributed by atoms with Gasteiger partial charge in [-0.1, -0.05) is 39.8 Å². The van der Waals surface area contributed by atoms with Crippen molar-refractivity contribution in [2.24, 2.45) is 16.7 Å². The SMILES string of the molecule is CCC1(CC)CCC2CC[C@](C)(CC)C(=O)C2=C1O.[Ir].[c-]1ccccc1-c1nc2ccccc2s1. The largest absolute Gasteiger partial charge is 0.511 e. The van der Waals surface area contributed by atoms with E-state index in [1.165, 1.54) is 4.70 Å². The molecule has 0 bridgehead atoms. The van der Waals surface area contributed by atoms with E-state index in [9.17, 15) is 9.90 Å². The molecule has 189 valence electrons. The van der Waals surface area contributed by atoms with Gasteiger partial charge >= 0.3 is 0 Å². The Balaban J connectivity index is 0.000000194. The van der Waals surface area contributed by atoms with Gasteiger partial charge in [0.05, 0.1) is 5.52 Å². The Morgan fingerprint density at radius 1 is 1.03 bits per heavy atom. The fourth-order valence-corrected chi connectivity index (χ4v) is 6.45. The van der Waals surface area contributed by atoms with E-state index in [0.29, 0.717) is 11.7 Å². The van der Waals surface area contributed by atoms with Gasteiger partial charge in [0.2, 0.25) is 0 Å². The van der Waals surface area contributed by atoms with Gasteiger partial charge in [-0.3, -0.25) is 9.78 Å². The molecule has 3 nitrogen and oxygen atoms in total. The zero-order valence-electron chi connectivity index (χ0n) is 21.2. The third kappa shape index (κ3) is 5.33. The van der Waals surface area contributed by atoms with Gasteiger partial charge in [0.15, 0.2) is 5.78 Å². The maximum absolute atomic E-state index is 12.8. The van der Waals surface area contributed by atoms with Gasteiger partial charge in [-0.25, -0.2) is 0 Å². The van der Waals surface area contributed by atoms with E-state index in [2.05, 4.69) is 44.8 Å². The number of para-hydroxylation sites is 1. The molecule has 3 aromatic rings. The summed E-state index contributed by atoms with van der Waals surface area (Å²) in [5.74, 6) is 0.992.